The van der Waals surface area contributed by atoms with Gasteiger partial charge in [0, 0.05) is 25.0 Å². The van der Waals surface area contributed by atoms with Crippen LogP contribution in [0.3, 0.4) is 0 Å². The maximum Gasteiger partial charge on any atom is 0.0250 e. The van der Waals surface area contributed by atoms with Gasteiger partial charge >= 0.3 is 0 Å². The Kier molecular flexibility index (Phi) is 3.44. The van der Waals surface area contributed by atoms with Crippen LogP contribution in [0.4, 0.5) is 0 Å². The average Bonchev–Trinajstić information content (AvgIpc) is 2.75. The van der Waals surface area contributed by atoms with Crippen LogP contribution in [0.15, 0.2) is 0 Å². The Labute approximate surface area is 87.1 Å². The fourth-order valence-electron chi connectivity index (χ4n) is 2.80. The molecule has 0 saturated carbocycles. The molecule has 2 aliphatic rings. The first-order chi connectivity index (χ1) is 6.92. The standard InChI is InChI=1S/C12H20N2/c1-2-3-4-8-13-11-7-10-14-9-5-6-12(11)14/h1,11-13H,3-10H2. The van der Waals surface area contributed by atoms with Crippen LogP contribution in [0.2, 0.25) is 0 Å². The van der Waals surface area contributed by atoms with Gasteiger partial charge in [0.2, 0.25) is 0 Å². The van der Waals surface area contributed by atoms with Crippen LogP contribution in [0.1, 0.15) is 32.1 Å². The number of nitrogens with zero attached hydrogens (tertiary/aromatic N) is 1. The van der Waals surface area contributed by atoms with Gasteiger partial charge in [0.05, 0.1) is 0 Å². The van der Waals surface area contributed by atoms with Gasteiger partial charge in [-0.1, -0.05) is 0 Å². The average molecular weight is 192 g/mol. The number of terminal acetylenes is 1. The molecule has 2 aliphatic heterocycles. The van der Waals surface area contributed by atoms with Crippen LogP contribution in [0.25, 0.3) is 0 Å². The van der Waals surface area contributed by atoms with Crippen molar-refractivity contribution in [2.45, 2.75) is 44.2 Å². The Morgan fingerprint density at radius 1 is 1.36 bits per heavy atom. The van der Waals surface area contributed by atoms with Gasteiger partial charge in [-0.25, -0.2) is 0 Å². The molecule has 0 aliphatic carbocycles. The normalized spacial score (nSPS) is 31.6. The first-order valence-electron chi connectivity index (χ1n) is 5.82. The molecule has 2 heterocycles. The summed E-state index contributed by atoms with van der Waals surface area (Å²) in [7, 11) is 0. The molecular formula is C12H20N2. The molecule has 2 saturated heterocycles. The molecule has 0 bridgehead atoms. The van der Waals surface area contributed by atoms with Crippen molar-refractivity contribution in [1.29, 1.82) is 0 Å². The maximum atomic E-state index is 5.22. The van der Waals surface area contributed by atoms with E-state index in [1.807, 2.05) is 0 Å². The zero-order valence-electron chi connectivity index (χ0n) is 8.84. The predicted molar refractivity (Wildman–Crippen MR) is 59.1 cm³/mol. The summed E-state index contributed by atoms with van der Waals surface area (Å²) in [6.07, 6.45) is 11.4. The van der Waals surface area contributed by atoms with E-state index in [9.17, 15) is 0 Å². The summed E-state index contributed by atoms with van der Waals surface area (Å²) in [6.45, 7) is 3.73. The molecule has 2 nitrogen and oxygen atoms in total. The number of hydrogen-bond acceptors (Lipinski definition) is 2. The number of fused-ring (bicyclic) bond motifs is 1. The van der Waals surface area contributed by atoms with Gasteiger partial charge < -0.3 is 5.32 Å². The van der Waals surface area contributed by atoms with Crippen LogP contribution in [-0.4, -0.2) is 36.6 Å². The quantitative estimate of drug-likeness (QED) is 0.532. The predicted octanol–water partition coefficient (Wildman–Crippen LogP) is 1.23. The van der Waals surface area contributed by atoms with Gasteiger partial charge in [-0.15, -0.1) is 12.3 Å². The fourth-order valence-corrected chi connectivity index (χ4v) is 2.80. The lowest BCUT2D eigenvalue weighted by Crippen LogP contribution is -2.39. The van der Waals surface area contributed by atoms with Crippen molar-refractivity contribution < 1.29 is 0 Å². The largest absolute Gasteiger partial charge is 0.312 e. The molecule has 2 unspecified atom stereocenters. The topological polar surface area (TPSA) is 15.3 Å². The van der Waals surface area contributed by atoms with Gasteiger partial charge in [-0.3, -0.25) is 4.90 Å². The van der Waals surface area contributed by atoms with Crippen molar-refractivity contribution in [2.75, 3.05) is 19.6 Å². The van der Waals surface area contributed by atoms with Crippen LogP contribution in [-0.2, 0) is 0 Å². The van der Waals surface area contributed by atoms with E-state index in [0.29, 0.717) is 0 Å². The summed E-state index contributed by atoms with van der Waals surface area (Å²) in [5.41, 5.74) is 0. The summed E-state index contributed by atoms with van der Waals surface area (Å²) in [5, 5.41) is 3.65. The van der Waals surface area contributed by atoms with E-state index in [-0.39, 0.29) is 0 Å². The number of unbranched alkanes of at least 4 members (excludes halogenated alkanes) is 1. The molecule has 2 rings (SSSR count). The molecule has 0 spiro atoms. The summed E-state index contributed by atoms with van der Waals surface area (Å²) in [5.74, 6) is 2.69. The lowest BCUT2D eigenvalue weighted by atomic mass is 10.1. The summed E-state index contributed by atoms with van der Waals surface area (Å²) in [4.78, 5) is 2.64. The zero-order valence-corrected chi connectivity index (χ0v) is 8.84. The van der Waals surface area contributed by atoms with E-state index < -0.39 is 0 Å². The lowest BCUT2D eigenvalue weighted by Gasteiger charge is -2.21. The Morgan fingerprint density at radius 3 is 3.14 bits per heavy atom. The fraction of sp³-hybridized carbons (Fsp3) is 0.833. The highest BCUT2D eigenvalue weighted by Crippen LogP contribution is 2.27. The van der Waals surface area contributed by atoms with E-state index in [0.717, 1.165) is 31.5 Å². The van der Waals surface area contributed by atoms with Crippen molar-refractivity contribution in [2.24, 2.45) is 0 Å². The van der Waals surface area contributed by atoms with Crippen LogP contribution >= 0.6 is 0 Å². The molecule has 0 amide bonds. The minimum absolute atomic E-state index is 0.746. The van der Waals surface area contributed by atoms with Gasteiger partial charge in [0.25, 0.3) is 0 Å². The molecular weight excluding hydrogens is 172 g/mol. The maximum absolute atomic E-state index is 5.22. The molecule has 2 fully saturated rings. The van der Waals surface area contributed by atoms with Crippen molar-refractivity contribution in [3.8, 4) is 12.3 Å². The molecule has 2 atom stereocenters. The molecule has 2 heteroatoms. The van der Waals surface area contributed by atoms with Crippen molar-refractivity contribution in [3.05, 3.63) is 0 Å². The van der Waals surface area contributed by atoms with E-state index in [4.69, 9.17) is 6.42 Å². The first kappa shape index (κ1) is 10.0. The van der Waals surface area contributed by atoms with Gasteiger partial charge in [0.15, 0.2) is 0 Å². The molecule has 0 radical (unpaired) electrons. The third-order valence-electron chi connectivity index (χ3n) is 3.51. The number of rotatable bonds is 4. The van der Waals surface area contributed by atoms with E-state index in [1.54, 1.807) is 0 Å². The lowest BCUT2D eigenvalue weighted by molar-refractivity contribution is 0.299. The third-order valence-corrected chi connectivity index (χ3v) is 3.51. The molecule has 1 N–H and O–H groups in total. The van der Waals surface area contributed by atoms with Gasteiger partial charge in [-0.05, 0) is 38.8 Å². The number of hydrogen-bond donors (Lipinski definition) is 1. The van der Waals surface area contributed by atoms with Crippen molar-refractivity contribution in [3.63, 3.8) is 0 Å². The molecule has 78 valence electrons. The third kappa shape index (κ3) is 2.10. The van der Waals surface area contributed by atoms with Gasteiger partial charge in [0.1, 0.15) is 0 Å². The smallest absolute Gasteiger partial charge is 0.0250 e. The Bertz CT molecular complexity index is 219. The second kappa shape index (κ2) is 4.82. The minimum Gasteiger partial charge on any atom is -0.312 e. The molecule has 0 aromatic rings. The second-order valence-electron chi connectivity index (χ2n) is 4.40. The Hall–Kier alpha value is -0.520. The van der Waals surface area contributed by atoms with Crippen LogP contribution in [0, 0.1) is 12.3 Å². The SMILES string of the molecule is C#CCCCNC1CCN2CCCC12. The van der Waals surface area contributed by atoms with E-state index in [1.165, 1.54) is 32.4 Å². The van der Waals surface area contributed by atoms with Crippen molar-refractivity contribution in [1.82, 2.24) is 10.2 Å². The van der Waals surface area contributed by atoms with Crippen LogP contribution < -0.4 is 5.32 Å². The Morgan fingerprint density at radius 2 is 2.29 bits per heavy atom. The zero-order chi connectivity index (χ0) is 9.80. The molecule has 14 heavy (non-hydrogen) atoms. The summed E-state index contributed by atoms with van der Waals surface area (Å²) < 4.78 is 0. The van der Waals surface area contributed by atoms with E-state index in [2.05, 4.69) is 16.1 Å². The molecule has 0 aromatic heterocycles. The Balaban J connectivity index is 1.69. The first-order valence-corrected chi connectivity index (χ1v) is 5.82. The van der Waals surface area contributed by atoms with Crippen LogP contribution in [0.5, 0.6) is 0 Å². The number of nitrogens with one attached hydrogen (secondary N) is 1. The van der Waals surface area contributed by atoms with Crippen molar-refractivity contribution >= 4 is 0 Å². The molecule has 0 aromatic carbocycles. The monoisotopic (exact) mass is 192 g/mol. The van der Waals surface area contributed by atoms with E-state index >= 15 is 0 Å². The van der Waals surface area contributed by atoms with Gasteiger partial charge in [-0.2, -0.15) is 0 Å². The minimum atomic E-state index is 0.746. The summed E-state index contributed by atoms with van der Waals surface area (Å²) >= 11 is 0. The highest BCUT2D eigenvalue weighted by molar-refractivity contribution is 4.95. The highest BCUT2D eigenvalue weighted by atomic mass is 15.2. The highest BCUT2D eigenvalue weighted by Gasteiger charge is 2.36. The second-order valence-corrected chi connectivity index (χ2v) is 4.40. The summed E-state index contributed by atoms with van der Waals surface area (Å²) in [6, 6.07) is 1.58.